The fraction of sp³-hybridized carbons (Fsp3) is 0.391. The van der Waals surface area contributed by atoms with Crippen LogP contribution in [0.5, 0.6) is 0 Å². The first kappa shape index (κ1) is 21.2. The molecule has 30 heavy (non-hydrogen) atoms. The minimum absolute atomic E-state index is 0.0864. The first-order chi connectivity index (χ1) is 14.7. The minimum atomic E-state index is 0.0864. The molecule has 1 unspecified atom stereocenters. The van der Waals surface area contributed by atoms with Gasteiger partial charge in [0.25, 0.3) is 0 Å². The zero-order valence-corrected chi connectivity index (χ0v) is 18.4. The summed E-state index contributed by atoms with van der Waals surface area (Å²) >= 11 is 7.77. The molecule has 158 valence electrons. The minimum Gasteiger partial charge on any atom is -0.379 e. The van der Waals surface area contributed by atoms with Crippen molar-refractivity contribution in [1.82, 2.24) is 15.2 Å². The van der Waals surface area contributed by atoms with Crippen molar-refractivity contribution >= 4 is 39.1 Å². The average molecular weight is 444 g/mol. The summed E-state index contributed by atoms with van der Waals surface area (Å²) in [6, 6.07) is 16.2. The van der Waals surface area contributed by atoms with E-state index in [1.54, 1.807) is 11.3 Å². The van der Waals surface area contributed by atoms with Crippen molar-refractivity contribution in [3.05, 3.63) is 64.1 Å². The van der Waals surface area contributed by atoms with Gasteiger partial charge in [-0.1, -0.05) is 35.9 Å². The summed E-state index contributed by atoms with van der Waals surface area (Å²) in [5, 5.41) is 4.95. The van der Waals surface area contributed by atoms with Gasteiger partial charge in [-0.05, 0) is 42.7 Å². The first-order valence-corrected chi connectivity index (χ1v) is 11.6. The monoisotopic (exact) mass is 443 g/mol. The maximum atomic E-state index is 12.5. The number of carbonyl (C=O) groups excluding carboxylic acids is 1. The normalized spacial score (nSPS) is 15.9. The van der Waals surface area contributed by atoms with Crippen LogP contribution in [0.15, 0.2) is 48.5 Å². The van der Waals surface area contributed by atoms with E-state index < -0.39 is 0 Å². The van der Waals surface area contributed by atoms with Crippen LogP contribution in [0.3, 0.4) is 0 Å². The molecule has 1 atom stereocenters. The van der Waals surface area contributed by atoms with Gasteiger partial charge >= 0.3 is 0 Å². The molecule has 1 amide bonds. The lowest BCUT2D eigenvalue weighted by Gasteiger charge is -2.35. The standard InChI is InChI=1S/C23H26ClN3O2S/c24-18-10-8-17(9-11-18)20(27-12-14-29-15-13-27)16-25-22(28)6-3-7-23-26-19-4-1-2-5-21(19)30-23/h1-2,4-5,8-11,20H,3,6-7,12-16H2,(H,25,28). The van der Waals surface area contributed by atoms with Crippen LogP contribution in [-0.2, 0) is 16.0 Å². The SMILES string of the molecule is O=C(CCCc1nc2ccccc2s1)NCC(c1ccc(Cl)cc1)N1CCOCC1. The third kappa shape index (κ3) is 5.58. The number of nitrogens with zero attached hydrogens (tertiary/aromatic N) is 2. The molecule has 1 aromatic heterocycles. The van der Waals surface area contributed by atoms with Crippen LogP contribution in [0.4, 0.5) is 0 Å². The molecule has 2 heterocycles. The van der Waals surface area contributed by atoms with Crippen molar-refractivity contribution in [3.8, 4) is 0 Å². The highest BCUT2D eigenvalue weighted by atomic mass is 35.5. The third-order valence-electron chi connectivity index (χ3n) is 5.37. The van der Waals surface area contributed by atoms with Crippen LogP contribution in [0.2, 0.25) is 5.02 Å². The van der Waals surface area contributed by atoms with Crippen molar-refractivity contribution in [3.63, 3.8) is 0 Å². The van der Waals surface area contributed by atoms with Gasteiger partial charge in [0, 0.05) is 31.1 Å². The van der Waals surface area contributed by atoms with Crippen LogP contribution in [-0.4, -0.2) is 48.6 Å². The van der Waals surface area contributed by atoms with Gasteiger partial charge in [-0.3, -0.25) is 9.69 Å². The molecule has 2 aromatic carbocycles. The molecule has 1 N–H and O–H groups in total. The van der Waals surface area contributed by atoms with Gasteiger partial charge in [-0.25, -0.2) is 4.98 Å². The second-order valence-electron chi connectivity index (χ2n) is 7.45. The lowest BCUT2D eigenvalue weighted by atomic mass is 10.0. The molecule has 1 fully saturated rings. The van der Waals surface area contributed by atoms with Gasteiger partial charge in [-0.2, -0.15) is 0 Å². The second kappa shape index (κ2) is 10.4. The summed E-state index contributed by atoms with van der Waals surface area (Å²) in [7, 11) is 0. The van der Waals surface area contributed by atoms with Crippen molar-refractivity contribution in [2.75, 3.05) is 32.8 Å². The Kier molecular flexibility index (Phi) is 7.33. The molecule has 1 aliphatic rings. The predicted octanol–water partition coefficient (Wildman–Crippen LogP) is 4.46. The largest absolute Gasteiger partial charge is 0.379 e. The van der Waals surface area contributed by atoms with E-state index in [1.165, 1.54) is 4.70 Å². The molecular weight excluding hydrogens is 418 g/mol. The topological polar surface area (TPSA) is 54.5 Å². The maximum Gasteiger partial charge on any atom is 0.220 e. The Bertz CT molecular complexity index is 937. The van der Waals surface area contributed by atoms with Crippen molar-refractivity contribution in [1.29, 1.82) is 0 Å². The number of nitrogens with one attached hydrogen (secondary N) is 1. The lowest BCUT2D eigenvalue weighted by molar-refractivity contribution is -0.121. The van der Waals surface area contributed by atoms with E-state index in [4.69, 9.17) is 16.3 Å². The maximum absolute atomic E-state index is 12.5. The number of thiazole rings is 1. The van der Waals surface area contributed by atoms with E-state index in [0.717, 1.165) is 60.3 Å². The molecule has 0 bridgehead atoms. The van der Waals surface area contributed by atoms with Gasteiger partial charge in [0.1, 0.15) is 0 Å². The summed E-state index contributed by atoms with van der Waals surface area (Å²) in [4.78, 5) is 19.5. The average Bonchev–Trinajstić information content (AvgIpc) is 3.19. The molecular formula is C23H26ClN3O2S. The van der Waals surface area contributed by atoms with E-state index in [2.05, 4.69) is 21.3 Å². The van der Waals surface area contributed by atoms with Crippen LogP contribution < -0.4 is 5.32 Å². The zero-order chi connectivity index (χ0) is 20.8. The van der Waals surface area contributed by atoms with E-state index in [9.17, 15) is 4.79 Å². The number of hydrogen-bond acceptors (Lipinski definition) is 5. The molecule has 0 radical (unpaired) electrons. The number of para-hydroxylation sites is 1. The quantitative estimate of drug-likeness (QED) is 0.558. The Morgan fingerprint density at radius 3 is 2.70 bits per heavy atom. The Morgan fingerprint density at radius 2 is 1.93 bits per heavy atom. The Labute approximate surface area is 186 Å². The highest BCUT2D eigenvalue weighted by Gasteiger charge is 2.23. The summed E-state index contributed by atoms with van der Waals surface area (Å²) in [5.74, 6) is 0.0864. The molecule has 5 nitrogen and oxygen atoms in total. The highest BCUT2D eigenvalue weighted by Crippen LogP contribution is 2.24. The lowest BCUT2D eigenvalue weighted by Crippen LogP contribution is -2.43. The summed E-state index contributed by atoms with van der Waals surface area (Å²) in [5.41, 5.74) is 2.20. The number of carbonyl (C=O) groups is 1. The van der Waals surface area contributed by atoms with Crippen LogP contribution in [0, 0.1) is 0 Å². The highest BCUT2D eigenvalue weighted by molar-refractivity contribution is 7.18. The fourth-order valence-electron chi connectivity index (χ4n) is 3.76. The molecule has 1 saturated heterocycles. The second-order valence-corrected chi connectivity index (χ2v) is 9.00. The molecule has 0 saturated carbocycles. The van der Waals surface area contributed by atoms with Gasteiger partial charge < -0.3 is 10.1 Å². The number of aryl methyl sites for hydroxylation is 1. The van der Waals surface area contributed by atoms with Crippen molar-refractivity contribution in [2.24, 2.45) is 0 Å². The van der Waals surface area contributed by atoms with Crippen molar-refractivity contribution in [2.45, 2.75) is 25.3 Å². The third-order valence-corrected chi connectivity index (χ3v) is 6.71. The summed E-state index contributed by atoms with van der Waals surface area (Å²) in [6.45, 7) is 3.75. The molecule has 1 aliphatic heterocycles. The molecule has 7 heteroatoms. The zero-order valence-electron chi connectivity index (χ0n) is 16.9. The van der Waals surface area contributed by atoms with E-state index >= 15 is 0 Å². The number of morpholine rings is 1. The molecule has 0 aliphatic carbocycles. The number of hydrogen-bond donors (Lipinski definition) is 1. The number of halogens is 1. The summed E-state index contributed by atoms with van der Waals surface area (Å²) in [6.07, 6.45) is 2.14. The van der Waals surface area contributed by atoms with Crippen LogP contribution in [0.25, 0.3) is 10.2 Å². The van der Waals surface area contributed by atoms with Gasteiger partial charge in [0.15, 0.2) is 0 Å². The first-order valence-electron chi connectivity index (χ1n) is 10.4. The van der Waals surface area contributed by atoms with Crippen LogP contribution in [0.1, 0.15) is 29.5 Å². The fourth-order valence-corrected chi connectivity index (χ4v) is 4.89. The van der Waals surface area contributed by atoms with Gasteiger partial charge in [-0.15, -0.1) is 11.3 Å². The predicted molar refractivity (Wildman–Crippen MR) is 122 cm³/mol. The number of rotatable bonds is 8. The molecule has 0 spiro atoms. The Balaban J connectivity index is 1.29. The van der Waals surface area contributed by atoms with Crippen LogP contribution >= 0.6 is 22.9 Å². The van der Waals surface area contributed by atoms with Gasteiger partial charge in [0.05, 0.1) is 34.5 Å². The molecule has 4 rings (SSSR count). The number of ether oxygens (including phenoxy) is 1. The number of benzene rings is 2. The number of fused-ring (bicyclic) bond motifs is 1. The number of amides is 1. The van der Waals surface area contributed by atoms with E-state index in [1.807, 2.05) is 42.5 Å². The number of aromatic nitrogens is 1. The van der Waals surface area contributed by atoms with E-state index in [-0.39, 0.29) is 11.9 Å². The Hall–Kier alpha value is -1.99. The van der Waals surface area contributed by atoms with Gasteiger partial charge in [0.2, 0.25) is 5.91 Å². The van der Waals surface area contributed by atoms with Crippen molar-refractivity contribution < 1.29 is 9.53 Å². The molecule has 3 aromatic rings. The Morgan fingerprint density at radius 1 is 1.17 bits per heavy atom. The van der Waals surface area contributed by atoms with E-state index in [0.29, 0.717) is 13.0 Å². The summed E-state index contributed by atoms with van der Waals surface area (Å²) < 4.78 is 6.69. The smallest absolute Gasteiger partial charge is 0.220 e.